The molecule has 2 rings (SSSR count). The fourth-order valence-electron chi connectivity index (χ4n) is 3.06. The van der Waals surface area contributed by atoms with Gasteiger partial charge in [0.15, 0.2) is 0 Å². The second-order valence-corrected chi connectivity index (χ2v) is 7.38. The Morgan fingerprint density at radius 3 is 2.25 bits per heavy atom. The van der Waals surface area contributed by atoms with Crippen LogP contribution in [-0.4, -0.2) is 17.0 Å². The number of rotatable bonds is 3. The van der Waals surface area contributed by atoms with Crippen molar-refractivity contribution in [3.05, 3.63) is 33.8 Å². The first kappa shape index (κ1) is 15.8. The molecule has 110 valence electrons. The van der Waals surface area contributed by atoms with Crippen LogP contribution in [0.5, 0.6) is 0 Å². The Hall–Kier alpha value is -0.570. The van der Waals surface area contributed by atoms with Crippen LogP contribution in [0, 0.1) is 5.92 Å². The van der Waals surface area contributed by atoms with Crippen molar-refractivity contribution in [1.29, 1.82) is 0 Å². The molecule has 1 unspecified atom stereocenters. The molecule has 1 saturated heterocycles. The van der Waals surface area contributed by atoms with Crippen LogP contribution in [-0.2, 0) is 16.0 Å². The average molecular weight is 315 g/mol. The van der Waals surface area contributed by atoms with Crippen LogP contribution < -0.4 is 0 Å². The third-order valence-corrected chi connectivity index (χ3v) is 4.58. The highest BCUT2D eigenvalue weighted by atomic mass is 35.5. The highest BCUT2D eigenvalue weighted by Crippen LogP contribution is 2.43. The van der Waals surface area contributed by atoms with Gasteiger partial charge in [0.1, 0.15) is 5.78 Å². The van der Waals surface area contributed by atoms with Crippen LogP contribution in [0.15, 0.2) is 18.2 Å². The molecular formula is C16H20Cl2O2. The average Bonchev–Trinajstić information content (AvgIpc) is 2.52. The van der Waals surface area contributed by atoms with Crippen molar-refractivity contribution < 1.29 is 9.53 Å². The van der Waals surface area contributed by atoms with E-state index < -0.39 is 5.60 Å². The fourth-order valence-corrected chi connectivity index (χ4v) is 3.59. The second-order valence-electron chi connectivity index (χ2n) is 6.57. The minimum absolute atomic E-state index is 0.134. The van der Waals surface area contributed by atoms with Crippen LogP contribution in [0.1, 0.15) is 39.7 Å². The van der Waals surface area contributed by atoms with Crippen LogP contribution in [0.3, 0.4) is 0 Å². The highest BCUT2D eigenvalue weighted by molar-refractivity contribution is 6.36. The molecule has 0 amide bonds. The fraction of sp³-hybridized carbons (Fsp3) is 0.562. The van der Waals surface area contributed by atoms with Gasteiger partial charge in [-0.2, -0.15) is 0 Å². The van der Waals surface area contributed by atoms with Gasteiger partial charge in [-0.1, -0.05) is 29.3 Å². The predicted molar refractivity (Wildman–Crippen MR) is 82.5 cm³/mol. The van der Waals surface area contributed by atoms with E-state index in [0.29, 0.717) is 15.6 Å². The second kappa shape index (κ2) is 5.32. The van der Waals surface area contributed by atoms with Crippen molar-refractivity contribution in [3.63, 3.8) is 0 Å². The number of ketones is 1. The molecule has 2 nitrogen and oxygen atoms in total. The summed E-state index contributed by atoms with van der Waals surface area (Å²) in [7, 11) is 0. The lowest BCUT2D eigenvalue weighted by Gasteiger charge is -2.26. The molecule has 1 aromatic carbocycles. The van der Waals surface area contributed by atoms with Crippen molar-refractivity contribution in [2.75, 3.05) is 0 Å². The largest absolute Gasteiger partial charge is 0.369 e. The number of carbonyl (C=O) groups excluding carboxylic acids is 1. The van der Waals surface area contributed by atoms with E-state index in [1.54, 1.807) is 18.2 Å². The van der Waals surface area contributed by atoms with Crippen LogP contribution in [0.2, 0.25) is 10.0 Å². The van der Waals surface area contributed by atoms with Crippen molar-refractivity contribution in [2.24, 2.45) is 5.92 Å². The molecule has 1 aliphatic heterocycles. The van der Waals surface area contributed by atoms with Gasteiger partial charge in [0.2, 0.25) is 0 Å². The highest BCUT2D eigenvalue weighted by Gasteiger charge is 2.48. The Morgan fingerprint density at radius 2 is 1.80 bits per heavy atom. The summed E-state index contributed by atoms with van der Waals surface area (Å²) in [5.74, 6) is 0.000384. The van der Waals surface area contributed by atoms with Gasteiger partial charge < -0.3 is 4.74 Å². The van der Waals surface area contributed by atoms with E-state index in [1.165, 1.54) is 0 Å². The normalized spacial score (nSPS) is 23.8. The van der Waals surface area contributed by atoms with Gasteiger partial charge >= 0.3 is 0 Å². The van der Waals surface area contributed by atoms with Gasteiger partial charge in [0.05, 0.1) is 11.2 Å². The Labute approximate surface area is 130 Å². The lowest BCUT2D eigenvalue weighted by Crippen LogP contribution is -2.34. The first-order chi connectivity index (χ1) is 9.12. The van der Waals surface area contributed by atoms with Crippen molar-refractivity contribution in [3.8, 4) is 0 Å². The van der Waals surface area contributed by atoms with Gasteiger partial charge in [-0.15, -0.1) is 0 Å². The first-order valence-electron chi connectivity index (χ1n) is 6.78. The molecule has 1 heterocycles. The van der Waals surface area contributed by atoms with Crippen molar-refractivity contribution in [2.45, 2.75) is 51.7 Å². The quantitative estimate of drug-likeness (QED) is 0.808. The molecular weight excluding hydrogens is 295 g/mol. The number of hydrogen-bond acceptors (Lipinski definition) is 2. The number of Topliss-reactive ketones (excluding diaryl/α,β-unsaturated/α-hetero) is 1. The first-order valence-corrected chi connectivity index (χ1v) is 7.54. The topological polar surface area (TPSA) is 26.3 Å². The van der Waals surface area contributed by atoms with Gasteiger partial charge in [0, 0.05) is 22.4 Å². The molecule has 1 atom stereocenters. The van der Waals surface area contributed by atoms with E-state index in [-0.39, 0.29) is 23.7 Å². The zero-order valence-electron chi connectivity index (χ0n) is 12.3. The maximum Gasteiger partial charge on any atom is 0.143 e. The summed E-state index contributed by atoms with van der Waals surface area (Å²) < 4.78 is 5.98. The Kier molecular flexibility index (Phi) is 4.21. The molecule has 0 saturated carbocycles. The minimum atomic E-state index is -0.450. The standard InChI is InChI=1S/C16H20Cl2O2/c1-15(2)9-11(16(3,4)20-15)14(19)8-10-12(17)6-5-7-13(10)18/h5-7,11H,8-9H2,1-4H3. The Bertz CT molecular complexity index is 515. The summed E-state index contributed by atoms with van der Waals surface area (Å²) in [6.45, 7) is 7.98. The van der Waals surface area contributed by atoms with Gasteiger partial charge in [-0.25, -0.2) is 0 Å². The third kappa shape index (κ3) is 3.19. The Morgan fingerprint density at radius 1 is 1.25 bits per heavy atom. The SMILES string of the molecule is CC1(C)CC(C(=O)Cc2c(Cl)cccc2Cl)C(C)(C)O1. The van der Waals surface area contributed by atoms with Crippen LogP contribution in [0.25, 0.3) is 0 Å². The smallest absolute Gasteiger partial charge is 0.143 e. The van der Waals surface area contributed by atoms with E-state index >= 15 is 0 Å². The summed E-state index contributed by atoms with van der Waals surface area (Å²) >= 11 is 12.3. The maximum atomic E-state index is 12.6. The van der Waals surface area contributed by atoms with Gasteiger partial charge in [0.25, 0.3) is 0 Å². The lowest BCUT2D eigenvalue weighted by atomic mass is 9.82. The lowest BCUT2D eigenvalue weighted by molar-refractivity contribution is -0.128. The van der Waals surface area contributed by atoms with Crippen LogP contribution >= 0.6 is 23.2 Å². The van der Waals surface area contributed by atoms with Crippen molar-refractivity contribution in [1.82, 2.24) is 0 Å². The molecule has 1 aromatic rings. The van der Waals surface area contributed by atoms with E-state index in [9.17, 15) is 4.79 Å². The monoisotopic (exact) mass is 314 g/mol. The van der Waals surface area contributed by atoms with E-state index in [2.05, 4.69) is 0 Å². The van der Waals surface area contributed by atoms with Crippen LogP contribution in [0.4, 0.5) is 0 Å². The molecule has 0 N–H and O–H groups in total. The summed E-state index contributed by atoms with van der Waals surface area (Å²) in [5, 5.41) is 1.09. The van der Waals surface area contributed by atoms with Gasteiger partial charge in [-0.3, -0.25) is 4.79 Å². The molecule has 0 aliphatic carbocycles. The summed E-state index contributed by atoms with van der Waals surface area (Å²) in [6.07, 6.45) is 0.979. The molecule has 0 spiro atoms. The molecule has 1 aliphatic rings. The van der Waals surface area contributed by atoms with E-state index in [1.807, 2.05) is 27.7 Å². The minimum Gasteiger partial charge on any atom is -0.369 e. The number of halogens is 2. The molecule has 4 heteroatoms. The van der Waals surface area contributed by atoms with E-state index in [4.69, 9.17) is 27.9 Å². The summed E-state index contributed by atoms with van der Waals surface area (Å²) in [6, 6.07) is 5.30. The number of ether oxygens (including phenoxy) is 1. The third-order valence-electron chi connectivity index (χ3n) is 3.88. The molecule has 20 heavy (non-hydrogen) atoms. The van der Waals surface area contributed by atoms with Crippen molar-refractivity contribution >= 4 is 29.0 Å². The number of hydrogen-bond donors (Lipinski definition) is 0. The zero-order chi connectivity index (χ0) is 15.1. The molecule has 0 bridgehead atoms. The molecule has 1 fully saturated rings. The van der Waals surface area contributed by atoms with Gasteiger partial charge in [-0.05, 0) is 51.8 Å². The number of benzene rings is 1. The molecule has 0 radical (unpaired) electrons. The predicted octanol–water partition coefficient (Wildman–Crippen LogP) is 4.70. The van der Waals surface area contributed by atoms with E-state index in [0.717, 1.165) is 6.42 Å². The molecule has 0 aromatic heterocycles. The maximum absolute atomic E-state index is 12.6. The Balaban J connectivity index is 2.21. The summed E-state index contributed by atoms with van der Waals surface area (Å²) in [4.78, 5) is 12.6. The zero-order valence-corrected chi connectivity index (χ0v) is 13.8. The number of carbonyl (C=O) groups is 1. The summed E-state index contributed by atoms with van der Waals surface area (Å²) in [5.41, 5.74) is -0.0102.